The fourth-order valence-electron chi connectivity index (χ4n) is 1.30. The molecule has 0 saturated heterocycles. The minimum atomic E-state index is 0.278. The molecule has 1 atom stereocenters. The molecule has 1 aromatic heterocycles. The fraction of sp³-hybridized carbons (Fsp3) is 0.455. The molecular weight excluding hydrogens is 180 g/mol. The summed E-state index contributed by atoms with van der Waals surface area (Å²) >= 11 is 1.76. The number of hydrogen-bond acceptors (Lipinski definition) is 2. The van der Waals surface area contributed by atoms with Gasteiger partial charge >= 0.3 is 0 Å². The van der Waals surface area contributed by atoms with E-state index in [0.717, 1.165) is 19.3 Å². The van der Waals surface area contributed by atoms with Crippen LogP contribution in [0.5, 0.6) is 0 Å². The molecule has 0 N–H and O–H groups in total. The Hall–Kier alpha value is -0.600. The normalized spacial score (nSPS) is 12.7. The summed E-state index contributed by atoms with van der Waals surface area (Å²) in [4.78, 5) is 1.33. The Labute approximate surface area is 84.1 Å². The van der Waals surface area contributed by atoms with Crippen LogP contribution in [-0.2, 0) is 4.74 Å². The average Bonchev–Trinajstić information content (AvgIpc) is 2.65. The lowest BCUT2D eigenvalue weighted by Crippen LogP contribution is -1.98. The van der Waals surface area contributed by atoms with Crippen LogP contribution in [-0.4, -0.2) is 7.11 Å². The van der Waals surface area contributed by atoms with Crippen molar-refractivity contribution in [2.75, 3.05) is 7.11 Å². The van der Waals surface area contributed by atoms with Gasteiger partial charge in [-0.2, -0.15) is 0 Å². The second-order valence-electron chi connectivity index (χ2n) is 2.96. The van der Waals surface area contributed by atoms with Crippen LogP contribution < -0.4 is 0 Å². The Morgan fingerprint density at radius 3 is 3.08 bits per heavy atom. The molecule has 0 amide bonds. The highest BCUT2D eigenvalue weighted by molar-refractivity contribution is 7.10. The Bertz CT molecular complexity index is 228. The molecule has 1 unspecified atom stereocenters. The molecule has 0 fully saturated rings. The predicted octanol–water partition coefficient (Wildman–Crippen LogP) is 3.79. The number of unbranched alkanes of at least 4 members (excludes halogenated alkanes) is 1. The summed E-state index contributed by atoms with van der Waals surface area (Å²) in [7, 11) is 1.78. The van der Waals surface area contributed by atoms with E-state index in [1.165, 1.54) is 4.88 Å². The molecule has 1 aromatic rings. The molecule has 1 nitrogen and oxygen atoms in total. The molecule has 0 aliphatic carbocycles. The third kappa shape index (κ3) is 3.33. The van der Waals surface area contributed by atoms with Crippen molar-refractivity contribution in [3.05, 3.63) is 35.0 Å². The molecule has 0 aromatic carbocycles. The zero-order chi connectivity index (χ0) is 9.52. The van der Waals surface area contributed by atoms with Crippen LogP contribution in [0.1, 0.15) is 30.2 Å². The van der Waals surface area contributed by atoms with Crippen molar-refractivity contribution in [3.8, 4) is 0 Å². The van der Waals surface area contributed by atoms with Crippen LogP contribution in [0.3, 0.4) is 0 Å². The van der Waals surface area contributed by atoms with Gasteiger partial charge in [0.25, 0.3) is 0 Å². The number of methoxy groups -OCH3 is 1. The third-order valence-corrected chi connectivity index (χ3v) is 2.98. The number of allylic oxidation sites excluding steroid dienone is 1. The summed E-state index contributed by atoms with van der Waals surface area (Å²) < 4.78 is 5.42. The van der Waals surface area contributed by atoms with Crippen LogP contribution in [0.15, 0.2) is 30.2 Å². The zero-order valence-corrected chi connectivity index (χ0v) is 8.85. The minimum absolute atomic E-state index is 0.278. The molecule has 0 bridgehead atoms. The lowest BCUT2D eigenvalue weighted by atomic mass is 10.1. The molecule has 0 aliphatic heterocycles. The van der Waals surface area contributed by atoms with Crippen LogP contribution in [0.25, 0.3) is 0 Å². The number of rotatable bonds is 6. The first-order valence-corrected chi connectivity index (χ1v) is 5.43. The standard InChI is InChI=1S/C11H16OS/c1-3-4-5-7-10(12-2)11-8-6-9-13-11/h3,6,8-10H,1,4-5,7H2,2H3. The summed E-state index contributed by atoms with van der Waals surface area (Å²) in [6.45, 7) is 3.71. The first-order valence-electron chi connectivity index (χ1n) is 4.55. The highest BCUT2D eigenvalue weighted by Crippen LogP contribution is 2.26. The van der Waals surface area contributed by atoms with E-state index < -0.39 is 0 Å². The molecule has 13 heavy (non-hydrogen) atoms. The highest BCUT2D eigenvalue weighted by Gasteiger charge is 2.09. The van der Waals surface area contributed by atoms with E-state index in [1.54, 1.807) is 18.4 Å². The highest BCUT2D eigenvalue weighted by atomic mass is 32.1. The average molecular weight is 196 g/mol. The molecule has 72 valence electrons. The van der Waals surface area contributed by atoms with Crippen LogP contribution in [0.4, 0.5) is 0 Å². The van der Waals surface area contributed by atoms with Crippen molar-refractivity contribution in [3.63, 3.8) is 0 Å². The van der Waals surface area contributed by atoms with Gasteiger partial charge in [-0.15, -0.1) is 17.9 Å². The fourth-order valence-corrected chi connectivity index (χ4v) is 2.14. The Balaban J connectivity index is 2.39. The Morgan fingerprint density at radius 2 is 2.54 bits per heavy atom. The molecule has 2 heteroatoms. The van der Waals surface area contributed by atoms with Crippen molar-refractivity contribution >= 4 is 11.3 Å². The molecule has 0 aliphatic rings. The summed E-state index contributed by atoms with van der Waals surface area (Å²) in [5, 5.41) is 2.09. The number of ether oxygens (including phenoxy) is 1. The number of hydrogen-bond donors (Lipinski definition) is 0. The summed E-state index contributed by atoms with van der Waals surface area (Å²) in [5.74, 6) is 0. The van der Waals surface area contributed by atoms with Crippen molar-refractivity contribution < 1.29 is 4.74 Å². The van der Waals surface area contributed by atoms with Gasteiger partial charge in [-0.25, -0.2) is 0 Å². The van der Waals surface area contributed by atoms with Crippen LogP contribution in [0.2, 0.25) is 0 Å². The molecule has 0 saturated carbocycles. The Morgan fingerprint density at radius 1 is 1.69 bits per heavy atom. The summed E-state index contributed by atoms with van der Waals surface area (Å²) in [5.41, 5.74) is 0. The lowest BCUT2D eigenvalue weighted by Gasteiger charge is -2.12. The van der Waals surface area contributed by atoms with E-state index in [2.05, 4.69) is 24.1 Å². The topological polar surface area (TPSA) is 9.23 Å². The zero-order valence-electron chi connectivity index (χ0n) is 8.03. The van der Waals surface area contributed by atoms with Gasteiger partial charge in [-0.3, -0.25) is 0 Å². The van der Waals surface area contributed by atoms with E-state index >= 15 is 0 Å². The first-order chi connectivity index (χ1) is 6.38. The molecular formula is C11H16OS. The van der Waals surface area contributed by atoms with Gasteiger partial charge in [0.1, 0.15) is 0 Å². The Kier molecular flexibility index (Phi) is 4.79. The van der Waals surface area contributed by atoms with E-state index in [0.29, 0.717) is 0 Å². The van der Waals surface area contributed by atoms with E-state index in [4.69, 9.17) is 4.74 Å². The lowest BCUT2D eigenvalue weighted by molar-refractivity contribution is 0.0969. The van der Waals surface area contributed by atoms with Gasteiger partial charge in [0.2, 0.25) is 0 Å². The largest absolute Gasteiger partial charge is 0.376 e. The van der Waals surface area contributed by atoms with Gasteiger partial charge in [0.05, 0.1) is 6.10 Å². The van der Waals surface area contributed by atoms with Gasteiger partial charge in [-0.05, 0) is 30.7 Å². The van der Waals surface area contributed by atoms with E-state index in [1.807, 2.05) is 6.08 Å². The molecule has 1 rings (SSSR count). The predicted molar refractivity (Wildman–Crippen MR) is 58.1 cm³/mol. The summed E-state index contributed by atoms with van der Waals surface area (Å²) in [6, 6.07) is 4.20. The smallest absolute Gasteiger partial charge is 0.0913 e. The first kappa shape index (κ1) is 10.5. The van der Waals surface area contributed by atoms with Crippen molar-refractivity contribution in [2.45, 2.75) is 25.4 Å². The monoisotopic (exact) mass is 196 g/mol. The van der Waals surface area contributed by atoms with Crippen LogP contribution in [0, 0.1) is 0 Å². The van der Waals surface area contributed by atoms with Crippen molar-refractivity contribution in [1.29, 1.82) is 0 Å². The SMILES string of the molecule is C=CCCCC(OC)c1cccs1. The van der Waals surface area contributed by atoms with Crippen molar-refractivity contribution in [1.82, 2.24) is 0 Å². The molecule has 0 radical (unpaired) electrons. The second kappa shape index (κ2) is 5.95. The minimum Gasteiger partial charge on any atom is -0.376 e. The second-order valence-corrected chi connectivity index (χ2v) is 3.94. The number of thiophene rings is 1. The van der Waals surface area contributed by atoms with E-state index in [-0.39, 0.29) is 6.10 Å². The van der Waals surface area contributed by atoms with Gasteiger partial charge < -0.3 is 4.74 Å². The van der Waals surface area contributed by atoms with Crippen LogP contribution >= 0.6 is 11.3 Å². The molecule has 0 spiro atoms. The maximum absolute atomic E-state index is 5.42. The van der Waals surface area contributed by atoms with Gasteiger partial charge in [-0.1, -0.05) is 12.1 Å². The van der Waals surface area contributed by atoms with Gasteiger partial charge in [0.15, 0.2) is 0 Å². The quantitative estimate of drug-likeness (QED) is 0.497. The maximum Gasteiger partial charge on any atom is 0.0913 e. The van der Waals surface area contributed by atoms with Crippen molar-refractivity contribution in [2.24, 2.45) is 0 Å². The summed E-state index contributed by atoms with van der Waals surface area (Å²) in [6.07, 6.45) is 5.55. The molecule has 1 heterocycles. The van der Waals surface area contributed by atoms with Gasteiger partial charge in [0, 0.05) is 12.0 Å². The maximum atomic E-state index is 5.42. The van der Waals surface area contributed by atoms with E-state index in [9.17, 15) is 0 Å². The third-order valence-electron chi connectivity index (χ3n) is 2.02.